The van der Waals surface area contributed by atoms with E-state index in [-0.39, 0.29) is 0 Å². The summed E-state index contributed by atoms with van der Waals surface area (Å²) in [4.78, 5) is 0. The van der Waals surface area contributed by atoms with E-state index in [0.717, 1.165) is 0 Å². The minimum atomic E-state index is -2.02. The van der Waals surface area contributed by atoms with Crippen molar-refractivity contribution < 1.29 is 0 Å². The van der Waals surface area contributed by atoms with Crippen molar-refractivity contribution in [2.75, 3.05) is 20.0 Å². The van der Waals surface area contributed by atoms with Crippen LogP contribution in [0.2, 0.25) is 0 Å². The summed E-state index contributed by atoms with van der Waals surface area (Å²) in [5, 5.41) is 1.28. The van der Waals surface area contributed by atoms with Crippen LogP contribution in [0.5, 0.6) is 0 Å². The van der Waals surface area contributed by atoms with E-state index in [1.807, 2.05) is 18.2 Å². The van der Waals surface area contributed by atoms with E-state index in [4.69, 9.17) is 11.2 Å². The Kier molecular flexibility index (Phi) is 2.03. The molecule has 1 rings (SSSR count). The van der Waals surface area contributed by atoms with Crippen molar-refractivity contribution in [2.24, 2.45) is 0 Å². The van der Waals surface area contributed by atoms with Gasteiger partial charge in [0.2, 0.25) is 0 Å². The molecule has 0 atom stereocenters. The fraction of sp³-hybridized carbons (Fsp3) is 0.333. The molecule has 0 aliphatic rings. The van der Waals surface area contributed by atoms with E-state index in [1.54, 1.807) is 0 Å². The first-order valence-electron chi connectivity index (χ1n) is 3.64. The van der Waals surface area contributed by atoms with Gasteiger partial charge >= 0.3 is 72.8 Å². The van der Waals surface area contributed by atoms with Gasteiger partial charge in [-0.2, -0.15) is 0 Å². The van der Waals surface area contributed by atoms with E-state index in [2.05, 4.69) is 32.1 Å². The molecule has 0 aliphatic heterocycles. The Morgan fingerprint density at radius 3 is 1.73 bits per heavy atom. The van der Waals surface area contributed by atoms with Crippen LogP contribution in [-0.2, 0) is 0 Å². The van der Waals surface area contributed by atoms with Crippen LogP contribution in [0.15, 0.2) is 30.3 Å². The summed E-state index contributed by atoms with van der Waals surface area (Å²) in [5.41, 5.74) is 0. The van der Waals surface area contributed by atoms with E-state index in [9.17, 15) is 0 Å². The van der Waals surface area contributed by atoms with Crippen LogP contribution in [0.4, 0.5) is 0 Å². The zero-order valence-corrected chi connectivity index (χ0v) is 8.86. The van der Waals surface area contributed by atoms with Crippen molar-refractivity contribution in [3.05, 3.63) is 30.3 Å². The van der Waals surface area contributed by atoms with Crippen molar-refractivity contribution in [2.45, 2.75) is 0 Å². The molecule has 0 bridgehead atoms. The standard InChI is InChI=1S/C9H14ClP/c1-11(2,3,10)9-7-5-4-6-8-9/h4-8H,1-3H3. The quantitative estimate of drug-likeness (QED) is 0.595. The van der Waals surface area contributed by atoms with Gasteiger partial charge in [0.15, 0.2) is 0 Å². The van der Waals surface area contributed by atoms with Crippen molar-refractivity contribution in [1.29, 1.82) is 0 Å². The molecule has 0 saturated carbocycles. The van der Waals surface area contributed by atoms with Gasteiger partial charge in [0.25, 0.3) is 0 Å². The van der Waals surface area contributed by atoms with Crippen molar-refractivity contribution >= 4 is 22.5 Å². The molecule has 1 aromatic carbocycles. The monoisotopic (exact) mass is 188 g/mol. The van der Waals surface area contributed by atoms with Gasteiger partial charge in [0, 0.05) is 0 Å². The van der Waals surface area contributed by atoms with E-state index < -0.39 is 5.96 Å². The van der Waals surface area contributed by atoms with Gasteiger partial charge in [-0.1, -0.05) is 0 Å². The number of benzene rings is 1. The molecule has 0 aliphatic carbocycles. The average molecular weight is 189 g/mol. The van der Waals surface area contributed by atoms with Crippen LogP contribution >= 0.6 is 17.2 Å². The molecule has 62 valence electrons. The van der Waals surface area contributed by atoms with Gasteiger partial charge in [0.1, 0.15) is 0 Å². The van der Waals surface area contributed by atoms with Gasteiger partial charge in [0.05, 0.1) is 0 Å². The zero-order valence-electron chi connectivity index (χ0n) is 7.21. The number of halogens is 1. The Labute approximate surface area is 73.3 Å². The van der Waals surface area contributed by atoms with Crippen LogP contribution in [0.1, 0.15) is 0 Å². The summed E-state index contributed by atoms with van der Waals surface area (Å²) < 4.78 is 0. The van der Waals surface area contributed by atoms with Gasteiger partial charge < -0.3 is 0 Å². The maximum absolute atomic E-state index is 6.44. The first-order chi connectivity index (χ1) is 4.86. The van der Waals surface area contributed by atoms with Crippen LogP contribution in [0.3, 0.4) is 0 Å². The summed E-state index contributed by atoms with van der Waals surface area (Å²) in [6, 6.07) is 10.3. The summed E-state index contributed by atoms with van der Waals surface area (Å²) in [6.07, 6.45) is 0. The Hall–Kier alpha value is -0.0600. The Morgan fingerprint density at radius 2 is 1.45 bits per heavy atom. The molecule has 11 heavy (non-hydrogen) atoms. The van der Waals surface area contributed by atoms with Crippen LogP contribution in [0, 0.1) is 0 Å². The first-order valence-corrected chi connectivity index (χ1v) is 8.13. The van der Waals surface area contributed by atoms with E-state index >= 15 is 0 Å². The third kappa shape index (κ3) is 2.47. The molecular formula is C9H14ClP. The molecule has 0 N–H and O–H groups in total. The van der Waals surface area contributed by atoms with Crippen LogP contribution in [0.25, 0.3) is 0 Å². The second kappa shape index (κ2) is 2.47. The van der Waals surface area contributed by atoms with Crippen molar-refractivity contribution in [3.63, 3.8) is 0 Å². The predicted molar refractivity (Wildman–Crippen MR) is 56.6 cm³/mol. The fourth-order valence-corrected chi connectivity index (χ4v) is 2.45. The van der Waals surface area contributed by atoms with Gasteiger partial charge in [-0.15, -0.1) is 0 Å². The molecular weight excluding hydrogens is 175 g/mol. The third-order valence-corrected chi connectivity index (χ3v) is 4.26. The van der Waals surface area contributed by atoms with Gasteiger partial charge in [-0.3, -0.25) is 0 Å². The fourth-order valence-electron chi connectivity index (χ4n) is 0.932. The molecule has 0 aromatic heterocycles. The average Bonchev–Trinajstić information content (AvgIpc) is 1.86. The number of hydrogen-bond acceptors (Lipinski definition) is 0. The topological polar surface area (TPSA) is 0 Å². The molecule has 0 nitrogen and oxygen atoms in total. The Bertz CT molecular complexity index is 236. The summed E-state index contributed by atoms with van der Waals surface area (Å²) in [7, 11) is 0. The molecule has 1 aromatic rings. The number of rotatable bonds is 1. The molecule has 0 fully saturated rings. The summed E-state index contributed by atoms with van der Waals surface area (Å²) >= 11 is 6.44. The van der Waals surface area contributed by atoms with Crippen molar-refractivity contribution in [3.8, 4) is 0 Å². The number of hydrogen-bond donors (Lipinski definition) is 0. The molecule has 0 amide bonds. The van der Waals surface area contributed by atoms with E-state index in [0.29, 0.717) is 0 Å². The van der Waals surface area contributed by atoms with Crippen LogP contribution < -0.4 is 5.30 Å². The molecule has 0 unspecified atom stereocenters. The Balaban J connectivity index is 3.14. The first kappa shape index (κ1) is 9.03. The van der Waals surface area contributed by atoms with Crippen molar-refractivity contribution in [1.82, 2.24) is 0 Å². The maximum atomic E-state index is 6.44. The van der Waals surface area contributed by atoms with E-state index in [1.165, 1.54) is 5.30 Å². The van der Waals surface area contributed by atoms with Crippen LogP contribution in [-0.4, -0.2) is 20.0 Å². The second-order valence-corrected chi connectivity index (χ2v) is 13.2. The zero-order chi connectivity index (χ0) is 8.56. The van der Waals surface area contributed by atoms with Gasteiger partial charge in [-0.05, 0) is 0 Å². The normalized spacial score (nSPS) is 15.5. The summed E-state index contributed by atoms with van der Waals surface area (Å²) in [6.45, 7) is 6.42. The van der Waals surface area contributed by atoms with Gasteiger partial charge in [-0.25, -0.2) is 0 Å². The summed E-state index contributed by atoms with van der Waals surface area (Å²) in [5.74, 6) is -2.02. The molecule has 0 saturated heterocycles. The minimum absolute atomic E-state index is 1.28. The predicted octanol–water partition coefficient (Wildman–Crippen LogP) is 2.91. The SMILES string of the molecule is CP(C)(C)(Cl)c1ccccc1. The third-order valence-electron chi connectivity index (χ3n) is 1.63. The molecule has 0 heterocycles. The molecule has 2 heteroatoms. The molecule has 0 radical (unpaired) electrons. The molecule has 0 spiro atoms. The second-order valence-electron chi connectivity index (χ2n) is 3.94. The Morgan fingerprint density at radius 1 is 1.00 bits per heavy atom.